The van der Waals surface area contributed by atoms with Crippen LogP contribution in [-0.4, -0.2) is 12.4 Å². The second-order valence-electron chi connectivity index (χ2n) is 3.04. The highest BCUT2D eigenvalue weighted by Crippen LogP contribution is 2.12. The number of fused-ring (bicyclic) bond motifs is 1. The average molecular weight is 284 g/mol. The fourth-order valence-electron chi connectivity index (χ4n) is 1.38. The lowest BCUT2D eigenvalue weighted by Gasteiger charge is -1.99. The summed E-state index contributed by atoms with van der Waals surface area (Å²) in [6, 6.07) is 9.42. The lowest BCUT2D eigenvalue weighted by molar-refractivity contribution is 0.552. The van der Waals surface area contributed by atoms with Crippen LogP contribution in [0.2, 0.25) is 0 Å². The summed E-state index contributed by atoms with van der Waals surface area (Å²) in [5.74, 6) is 0. The van der Waals surface area contributed by atoms with Crippen LogP contribution in [0.3, 0.4) is 0 Å². The van der Waals surface area contributed by atoms with E-state index in [-0.39, 0.29) is 5.63 Å². The number of alkyl halides is 1. The molecular formula is C12H14BrNO2. The van der Waals surface area contributed by atoms with Gasteiger partial charge in [-0.1, -0.05) is 34.1 Å². The fourth-order valence-corrected chi connectivity index (χ4v) is 1.81. The van der Waals surface area contributed by atoms with Crippen molar-refractivity contribution in [2.24, 2.45) is 5.73 Å². The number of hydrogen-bond acceptors (Lipinski definition) is 3. The molecular weight excluding hydrogens is 270 g/mol. The zero-order chi connectivity index (χ0) is 12.0. The maximum absolute atomic E-state index is 11.4. The van der Waals surface area contributed by atoms with Gasteiger partial charge in [0.15, 0.2) is 0 Å². The standard InChI is InChI=1S/C11H9BrO2.CH5N/c12-6-5-9-7-8-3-1-2-4-10(8)14-11(9)13;1-2/h1-4,7H,5-6H2;2H2,1H3. The van der Waals surface area contributed by atoms with E-state index in [1.165, 1.54) is 7.05 Å². The Labute approximate surface area is 102 Å². The Balaban J connectivity index is 0.000000606. The molecule has 4 heteroatoms. The van der Waals surface area contributed by atoms with Gasteiger partial charge in [-0.2, -0.15) is 0 Å². The quantitative estimate of drug-likeness (QED) is 0.680. The van der Waals surface area contributed by atoms with Gasteiger partial charge in [-0.3, -0.25) is 0 Å². The summed E-state index contributed by atoms with van der Waals surface area (Å²) in [7, 11) is 1.50. The summed E-state index contributed by atoms with van der Waals surface area (Å²) in [5, 5.41) is 1.75. The van der Waals surface area contributed by atoms with E-state index in [1.54, 1.807) is 6.07 Å². The highest BCUT2D eigenvalue weighted by molar-refractivity contribution is 9.09. The third kappa shape index (κ3) is 2.93. The van der Waals surface area contributed by atoms with Gasteiger partial charge in [-0.05, 0) is 25.6 Å². The van der Waals surface area contributed by atoms with Crippen LogP contribution in [0.1, 0.15) is 5.56 Å². The molecule has 0 spiro atoms. The minimum atomic E-state index is -0.233. The lowest BCUT2D eigenvalue weighted by atomic mass is 10.1. The van der Waals surface area contributed by atoms with E-state index in [0.717, 1.165) is 16.3 Å². The summed E-state index contributed by atoms with van der Waals surface area (Å²) in [5.41, 5.74) is 5.64. The number of para-hydroxylation sites is 1. The molecule has 0 atom stereocenters. The summed E-state index contributed by atoms with van der Waals surface area (Å²) in [6.07, 6.45) is 0.702. The van der Waals surface area contributed by atoms with Gasteiger partial charge in [0.2, 0.25) is 0 Å². The topological polar surface area (TPSA) is 56.2 Å². The molecule has 86 valence electrons. The van der Waals surface area contributed by atoms with Crippen molar-refractivity contribution < 1.29 is 4.42 Å². The molecule has 2 rings (SSSR count). The molecule has 0 bridgehead atoms. The summed E-state index contributed by atoms with van der Waals surface area (Å²) in [4.78, 5) is 11.4. The molecule has 0 radical (unpaired) electrons. The predicted octanol–water partition coefficient (Wildman–Crippen LogP) is 2.31. The minimum Gasteiger partial charge on any atom is -0.423 e. The van der Waals surface area contributed by atoms with Crippen molar-refractivity contribution in [2.45, 2.75) is 6.42 Å². The Morgan fingerprint density at radius 1 is 1.31 bits per heavy atom. The Kier molecular flexibility index (Phi) is 5.22. The molecule has 16 heavy (non-hydrogen) atoms. The smallest absolute Gasteiger partial charge is 0.339 e. The maximum Gasteiger partial charge on any atom is 0.339 e. The van der Waals surface area contributed by atoms with E-state index in [2.05, 4.69) is 21.7 Å². The SMILES string of the molecule is CN.O=c1oc2ccccc2cc1CCBr. The summed E-state index contributed by atoms with van der Waals surface area (Å²) < 4.78 is 5.17. The van der Waals surface area contributed by atoms with Gasteiger partial charge < -0.3 is 10.2 Å². The molecule has 1 aromatic carbocycles. The third-order valence-electron chi connectivity index (χ3n) is 2.08. The van der Waals surface area contributed by atoms with Crippen LogP contribution in [0, 0.1) is 0 Å². The van der Waals surface area contributed by atoms with Crippen LogP contribution >= 0.6 is 15.9 Å². The Hall–Kier alpha value is -1.13. The lowest BCUT2D eigenvalue weighted by Crippen LogP contribution is -2.07. The van der Waals surface area contributed by atoms with Crippen LogP contribution in [0.4, 0.5) is 0 Å². The van der Waals surface area contributed by atoms with Crippen LogP contribution in [0.15, 0.2) is 39.5 Å². The second-order valence-corrected chi connectivity index (χ2v) is 3.83. The van der Waals surface area contributed by atoms with Crippen LogP contribution in [0.25, 0.3) is 11.0 Å². The zero-order valence-corrected chi connectivity index (χ0v) is 10.7. The Morgan fingerprint density at radius 3 is 2.69 bits per heavy atom. The van der Waals surface area contributed by atoms with Crippen molar-refractivity contribution in [1.82, 2.24) is 0 Å². The summed E-state index contributed by atoms with van der Waals surface area (Å²) in [6.45, 7) is 0. The first-order valence-corrected chi connectivity index (χ1v) is 6.09. The molecule has 2 N–H and O–H groups in total. The van der Waals surface area contributed by atoms with Gasteiger partial charge in [0.25, 0.3) is 0 Å². The molecule has 0 amide bonds. The molecule has 1 heterocycles. The maximum atomic E-state index is 11.4. The molecule has 2 aromatic rings. The first-order valence-electron chi connectivity index (χ1n) is 4.97. The number of benzene rings is 1. The van der Waals surface area contributed by atoms with Crippen molar-refractivity contribution in [3.63, 3.8) is 0 Å². The van der Waals surface area contributed by atoms with Crippen LogP contribution < -0.4 is 11.4 Å². The molecule has 0 fully saturated rings. The Morgan fingerprint density at radius 2 is 2.00 bits per heavy atom. The monoisotopic (exact) mass is 283 g/mol. The average Bonchev–Trinajstić information content (AvgIpc) is 2.33. The molecule has 0 unspecified atom stereocenters. The van der Waals surface area contributed by atoms with E-state index in [9.17, 15) is 4.79 Å². The van der Waals surface area contributed by atoms with Crippen molar-refractivity contribution in [3.8, 4) is 0 Å². The van der Waals surface area contributed by atoms with E-state index >= 15 is 0 Å². The molecule has 0 aliphatic rings. The highest BCUT2D eigenvalue weighted by atomic mass is 79.9. The molecule has 0 aliphatic heterocycles. The minimum absolute atomic E-state index is 0.233. The van der Waals surface area contributed by atoms with E-state index in [0.29, 0.717) is 12.0 Å². The predicted molar refractivity (Wildman–Crippen MR) is 70.1 cm³/mol. The van der Waals surface area contributed by atoms with Gasteiger partial charge in [0.05, 0.1) is 0 Å². The van der Waals surface area contributed by atoms with Gasteiger partial charge in [0.1, 0.15) is 5.58 Å². The first kappa shape index (κ1) is 12.9. The number of aryl methyl sites for hydroxylation is 1. The first-order chi connectivity index (χ1) is 7.81. The molecule has 0 saturated carbocycles. The van der Waals surface area contributed by atoms with Crippen LogP contribution in [0.5, 0.6) is 0 Å². The third-order valence-corrected chi connectivity index (χ3v) is 2.47. The normalized spacial score (nSPS) is 9.69. The number of rotatable bonds is 2. The largest absolute Gasteiger partial charge is 0.423 e. The van der Waals surface area contributed by atoms with Gasteiger partial charge in [-0.15, -0.1) is 0 Å². The Bertz CT molecular complexity index is 508. The number of nitrogens with two attached hydrogens (primary N) is 1. The number of halogens is 1. The highest BCUT2D eigenvalue weighted by Gasteiger charge is 2.03. The molecule has 3 nitrogen and oxygen atoms in total. The van der Waals surface area contributed by atoms with Crippen molar-refractivity contribution >= 4 is 26.9 Å². The van der Waals surface area contributed by atoms with Gasteiger partial charge >= 0.3 is 5.63 Å². The summed E-state index contributed by atoms with van der Waals surface area (Å²) >= 11 is 3.30. The van der Waals surface area contributed by atoms with E-state index < -0.39 is 0 Å². The zero-order valence-electron chi connectivity index (χ0n) is 9.07. The second kappa shape index (κ2) is 6.45. The van der Waals surface area contributed by atoms with E-state index in [4.69, 9.17) is 4.42 Å². The van der Waals surface area contributed by atoms with Crippen molar-refractivity contribution in [3.05, 3.63) is 46.3 Å². The van der Waals surface area contributed by atoms with Crippen molar-refractivity contribution in [2.75, 3.05) is 12.4 Å². The molecule has 0 saturated heterocycles. The number of hydrogen-bond donors (Lipinski definition) is 1. The van der Waals surface area contributed by atoms with Crippen LogP contribution in [-0.2, 0) is 6.42 Å². The molecule has 1 aromatic heterocycles. The fraction of sp³-hybridized carbons (Fsp3) is 0.250. The van der Waals surface area contributed by atoms with Gasteiger partial charge in [-0.25, -0.2) is 4.79 Å². The molecule has 0 aliphatic carbocycles. The van der Waals surface area contributed by atoms with Crippen molar-refractivity contribution in [1.29, 1.82) is 0 Å². The van der Waals surface area contributed by atoms with Gasteiger partial charge in [0, 0.05) is 16.3 Å². The van der Waals surface area contributed by atoms with E-state index in [1.807, 2.05) is 24.3 Å².